The van der Waals surface area contributed by atoms with Crippen LogP contribution in [0.3, 0.4) is 0 Å². The summed E-state index contributed by atoms with van der Waals surface area (Å²) in [4.78, 5) is 14.8. The number of hydrogen-bond donors (Lipinski definition) is 1. The number of nitrogens with zero attached hydrogens (tertiary/aromatic N) is 1. The van der Waals surface area contributed by atoms with Gasteiger partial charge in [-0.15, -0.1) is 0 Å². The van der Waals surface area contributed by atoms with Crippen molar-refractivity contribution in [3.63, 3.8) is 0 Å². The van der Waals surface area contributed by atoms with Crippen LogP contribution >= 0.6 is 0 Å². The minimum absolute atomic E-state index is 0.0693. The van der Waals surface area contributed by atoms with Crippen molar-refractivity contribution in [1.29, 1.82) is 0 Å². The van der Waals surface area contributed by atoms with Gasteiger partial charge in [0.15, 0.2) is 0 Å². The third-order valence-electron chi connectivity index (χ3n) is 1.90. The molecule has 0 aliphatic rings. The number of pyridine rings is 1. The largest absolute Gasteiger partial charge is 0.352 e. The summed E-state index contributed by atoms with van der Waals surface area (Å²) < 4.78 is 23.8. The quantitative estimate of drug-likeness (QED) is 0.613. The zero-order valence-corrected chi connectivity index (χ0v) is 9.72. The normalized spacial score (nSPS) is 12.1. The average Bonchev–Trinajstić information content (AvgIpc) is 2.24. The molecule has 1 aromatic heterocycles. The molecule has 6 heteroatoms. The zero-order valence-electron chi connectivity index (χ0n) is 8.90. The van der Waals surface area contributed by atoms with E-state index in [-0.39, 0.29) is 5.56 Å². The molecule has 0 bridgehead atoms. The number of aromatic nitrogens is 1. The molecule has 1 heterocycles. The Kier molecular flexibility index (Phi) is 5.04. The van der Waals surface area contributed by atoms with Crippen molar-refractivity contribution in [3.8, 4) is 0 Å². The molecule has 0 aliphatic heterocycles. The van der Waals surface area contributed by atoms with Crippen molar-refractivity contribution < 1.29 is 13.4 Å². The lowest BCUT2D eigenvalue weighted by Gasteiger charge is -2.04. The van der Waals surface area contributed by atoms with Crippen LogP contribution in [0.15, 0.2) is 18.3 Å². The molecule has 88 valence electrons. The topological polar surface area (TPSA) is 59.1 Å². The lowest BCUT2D eigenvalue weighted by Crippen LogP contribution is -2.26. The van der Waals surface area contributed by atoms with Gasteiger partial charge in [-0.3, -0.25) is 9.00 Å². The highest BCUT2D eigenvalue weighted by Gasteiger charge is 2.10. The predicted molar refractivity (Wildman–Crippen MR) is 60.1 cm³/mol. The standard InChI is InChI=1S/C10H13FN2O2S/c1-16(15)7-3-6-13-10(14)8-4-2-5-12-9(8)11/h2,4-5H,3,6-7H2,1H3,(H,13,14). The number of carbonyl (C=O) groups is 1. The second-order valence-corrected chi connectivity index (χ2v) is 4.78. The fourth-order valence-corrected chi connectivity index (χ4v) is 1.68. The van der Waals surface area contributed by atoms with Crippen LogP contribution in [0.1, 0.15) is 16.8 Å². The number of amides is 1. The molecule has 1 aromatic rings. The molecule has 0 fully saturated rings. The maximum absolute atomic E-state index is 13.1. The molecule has 1 unspecified atom stereocenters. The van der Waals surface area contributed by atoms with E-state index in [0.29, 0.717) is 18.7 Å². The van der Waals surface area contributed by atoms with E-state index < -0.39 is 22.7 Å². The molecule has 0 spiro atoms. The number of hydrogen-bond acceptors (Lipinski definition) is 3. The smallest absolute Gasteiger partial charge is 0.255 e. The van der Waals surface area contributed by atoms with Gasteiger partial charge in [-0.1, -0.05) is 0 Å². The summed E-state index contributed by atoms with van der Waals surface area (Å²) in [6, 6.07) is 2.87. The van der Waals surface area contributed by atoms with Crippen LogP contribution in [0, 0.1) is 5.95 Å². The van der Waals surface area contributed by atoms with Crippen LogP contribution in [-0.2, 0) is 10.8 Å². The van der Waals surface area contributed by atoms with Crippen LogP contribution < -0.4 is 5.32 Å². The summed E-state index contributed by atoms with van der Waals surface area (Å²) in [6.07, 6.45) is 3.49. The van der Waals surface area contributed by atoms with Gasteiger partial charge in [0, 0.05) is 35.5 Å². The van der Waals surface area contributed by atoms with Gasteiger partial charge in [-0.05, 0) is 18.6 Å². The van der Waals surface area contributed by atoms with E-state index in [2.05, 4.69) is 10.3 Å². The van der Waals surface area contributed by atoms with E-state index in [1.807, 2.05) is 0 Å². The Labute approximate surface area is 95.7 Å². The van der Waals surface area contributed by atoms with E-state index >= 15 is 0 Å². The summed E-state index contributed by atoms with van der Waals surface area (Å²) in [6.45, 7) is 0.382. The van der Waals surface area contributed by atoms with Crippen molar-refractivity contribution in [3.05, 3.63) is 29.8 Å². The van der Waals surface area contributed by atoms with Crippen LogP contribution in [0.5, 0.6) is 0 Å². The van der Waals surface area contributed by atoms with Gasteiger partial charge < -0.3 is 5.32 Å². The molecular weight excluding hydrogens is 231 g/mol. The number of nitrogens with one attached hydrogen (secondary N) is 1. The Bertz CT molecular complexity index is 398. The molecule has 0 aromatic carbocycles. The van der Waals surface area contributed by atoms with Crippen LogP contribution in [-0.4, -0.2) is 33.7 Å². The van der Waals surface area contributed by atoms with Crippen LogP contribution in [0.25, 0.3) is 0 Å². The second kappa shape index (κ2) is 6.32. The van der Waals surface area contributed by atoms with Crippen molar-refractivity contribution >= 4 is 16.7 Å². The first-order valence-electron chi connectivity index (χ1n) is 4.80. The Morgan fingerprint density at radius 1 is 1.62 bits per heavy atom. The maximum atomic E-state index is 13.1. The molecule has 1 amide bonds. The first-order valence-corrected chi connectivity index (χ1v) is 6.52. The highest BCUT2D eigenvalue weighted by molar-refractivity contribution is 7.84. The number of halogens is 1. The van der Waals surface area contributed by atoms with Crippen molar-refractivity contribution in [1.82, 2.24) is 10.3 Å². The van der Waals surface area contributed by atoms with Gasteiger partial charge in [-0.25, -0.2) is 4.98 Å². The van der Waals surface area contributed by atoms with Gasteiger partial charge in [0.25, 0.3) is 5.91 Å². The van der Waals surface area contributed by atoms with Gasteiger partial charge in [0.1, 0.15) is 0 Å². The van der Waals surface area contributed by atoms with Gasteiger partial charge in [-0.2, -0.15) is 4.39 Å². The fraction of sp³-hybridized carbons (Fsp3) is 0.400. The van der Waals surface area contributed by atoms with E-state index in [9.17, 15) is 13.4 Å². The van der Waals surface area contributed by atoms with E-state index in [1.165, 1.54) is 18.3 Å². The molecule has 1 N–H and O–H groups in total. The van der Waals surface area contributed by atoms with Crippen molar-refractivity contribution in [2.45, 2.75) is 6.42 Å². The minimum atomic E-state index is -0.867. The summed E-state index contributed by atoms with van der Waals surface area (Å²) >= 11 is 0. The first kappa shape index (κ1) is 12.8. The molecule has 1 rings (SSSR count). The SMILES string of the molecule is CS(=O)CCCNC(=O)c1cccnc1F. The number of rotatable bonds is 5. The molecular formula is C10H13FN2O2S. The van der Waals surface area contributed by atoms with Gasteiger partial charge in [0.2, 0.25) is 5.95 Å². The molecule has 0 radical (unpaired) electrons. The molecule has 1 atom stereocenters. The van der Waals surface area contributed by atoms with Gasteiger partial charge >= 0.3 is 0 Å². The summed E-state index contributed by atoms with van der Waals surface area (Å²) in [5, 5.41) is 2.54. The Morgan fingerprint density at radius 2 is 2.38 bits per heavy atom. The maximum Gasteiger partial charge on any atom is 0.255 e. The number of carbonyl (C=O) groups excluding carboxylic acids is 1. The summed E-state index contributed by atoms with van der Waals surface area (Å²) in [5.41, 5.74) is -0.0693. The minimum Gasteiger partial charge on any atom is -0.352 e. The lowest BCUT2D eigenvalue weighted by atomic mass is 10.2. The van der Waals surface area contributed by atoms with E-state index in [1.54, 1.807) is 6.26 Å². The third kappa shape index (κ3) is 4.06. The molecule has 16 heavy (non-hydrogen) atoms. The Morgan fingerprint density at radius 3 is 3.00 bits per heavy atom. The average molecular weight is 244 g/mol. The third-order valence-corrected chi connectivity index (χ3v) is 2.76. The fourth-order valence-electron chi connectivity index (χ4n) is 1.13. The predicted octanol–water partition coefficient (Wildman–Crippen LogP) is 0.719. The molecule has 4 nitrogen and oxygen atoms in total. The van der Waals surface area contributed by atoms with Crippen molar-refractivity contribution in [2.24, 2.45) is 0 Å². The monoisotopic (exact) mass is 244 g/mol. The van der Waals surface area contributed by atoms with Crippen LogP contribution in [0.4, 0.5) is 4.39 Å². The molecule has 0 saturated carbocycles. The van der Waals surface area contributed by atoms with E-state index in [4.69, 9.17) is 0 Å². The Hall–Kier alpha value is -1.30. The van der Waals surface area contributed by atoms with Crippen molar-refractivity contribution in [2.75, 3.05) is 18.6 Å². The second-order valence-electron chi connectivity index (χ2n) is 3.23. The Balaban J connectivity index is 2.41. The zero-order chi connectivity index (χ0) is 12.0. The molecule has 0 aliphatic carbocycles. The highest BCUT2D eigenvalue weighted by Crippen LogP contribution is 2.02. The van der Waals surface area contributed by atoms with Gasteiger partial charge in [0.05, 0.1) is 5.56 Å². The first-order chi connectivity index (χ1) is 7.61. The highest BCUT2D eigenvalue weighted by atomic mass is 32.2. The lowest BCUT2D eigenvalue weighted by molar-refractivity contribution is 0.0949. The summed E-state index contributed by atoms with van der Waals surface area (Å²) in [5.74, 6) is -0.748. The molecule has 0 saturated heterocycles. The van der Waals surface area contributed by atoms with E-state index in [0.717, 1.165) is 0 Å². The van der Waals surface area contributed by atoms with Crippen LogP contribution in [0.2, 0.25) is 0 Å². The summed E-state index contributed by atoms with van der Waals surface area (Å²) in [7, 11) is -0.867.